The minimum Gasteiger partial charge on any atom is -0.502 e. The highest BCUT2D eigenvalue weighted by Gasteiger charge is 2.62. The van der Waals surface area contributed by atoms with Gasteiger partial charge in [0.05, 0.1) is 149 Å². The second kappa shape index (κ2) is 37.6. The van der Waals surface area contributed by atoms with Gasteiger partial charge in [0.1, 0.15) is 81.5 Å². The number of phenols is 3. The molecule has 138 heavy (non-hydrogen) atoms. The quantitative estimate of drug-likeness (QED) is 0.0288. The second-order valence-corrected chi connectivity index (χ2v) is 36.6. The number of phenolic OH excluding ortho intramolecular Hbond substituents is 3. The molecule has 15 heterocycles. The van der Waals surface area contributed by atoms with E-state index in [1.165, 1.54) is 98.8 Å². The molecule has 6 aromatic carbocycles. The number of aliphatic hydroxyl groups excluding tert-OH is 6. The highest BCUT2D eigenvalue weighted by atomic mass is 32.1. The van der Waals surface area contributed by atoms with E-state index in [4.69, 9.17) is 153 Å². The minimum absolute atomic E-state index is 0.0425. The van der Waals surface area contributed by atoms with Crippen LogP contribution in [0.5, 0.6) is 86.2 Å². The van der Waals surface area contributed by atoms with Crippen LogP contribution in [-0.4, -0.2) is 258 Å². The van der Waals surface area contributed by atoms with Crippen molar-refractivity contribution in [2.45, 2.75) is 147 Å². The van der Waals surface area contributed by atoms with Gasteiger partial charge < -0.3 is 174 Å². The Morgan fingerprint density at radius 3 is 1.09 bits per heavy atom. The highest BCUT2D eigenvalue weighted by Crippen LogP contribution is 2.63. The molecule has 9 aromatic rings. The third-order valence-corrected chi connectivity index (χ3v) is 29.0. The maximum Gasteiger partial charge on any atom is 0.310 e. The Morgan fingerprint density at radius 1 is 0.355 bits per heavy atom. The lowest BCUT2D eigenvalue weighted by atomic mass is 9.66. The molecule has 12 aliphatic heterocycles. The summed E-state index contributed by atoms with van der Waals surface area (Å²) in [7, 11) is -1.15. The van der Waals surface area contributed by atoms with E-state index < -0.39 is 277 Å². The molecule has 42 heteroatoms. The summed E-state index contributed by atoms with van der Waals surface area (Å²) >= 11 is 3.87. The minimum atomic E-state index is -3.25. The number of hydrogen-bond donors (Lipinski definition) is 9. The fourth-order valence-corrected chi connectivity index (χ4v) is 21.9. The first-order chi connectivity index (χ1) is 74.4. The largest absolute Gasteiger partial charge is 0.502 e. The molecule has 0 amide bonds. The topological polar surface area (TPSA) is 482 Å². The van der Waals surface area contributed by atoms with Crippen molar-refractivity contribution in [3.8, 4) is 86.2 Å². The van der Waals surface area contributed by atoms with Gasteiger partial charge in [-0.1, -0.05) is 18.2 Å². The number of fused-ring (bicyclic) bond motifs is 12. The van der Waals surface area contributed by atoms with Crippen molar-refractivity contribution < 1.29 is 216 Å². The van der Waals surface area contributed by atoms with E-state index in [2.05, 4.69) is 0 Å². The van der Waals surface area contributed by atoms with Crippen LogP contribution in [0.4, 0.5) is 0 Å². The Labute approximate surface area is 825 Å². The van der Waals surface area contributed by atoms with Crippen molar-refractivity contribution in [3.63, 3.8) is 0 Å². The lowest BCUT2D eigenvalue weighted by Crippen LogP contribution is -2.62. The van der Waals surface area contributed by atoms with Gasteiger partial charge in [0.25, 0.3) is 0 Å². The molecule has 732 valence electrons. The molecule has 3 aliphatic carbocycles. The average Bonchev–Trinajstić information content (AvgIpc) is 1.45. The number of aromatic hydroxyl groups is 3. The number of cyclic esters (lactones) is 3. The molecule has 0 saturated carbocycles. The molecule has 3 aromatic heterocycles. The van der Waals surface area contributed by atoms with Crippen molar-refractivity contribution in [2.24, 2.45) is 35.5 Å². The molecular weight excluding hydrogens is 1870 g/mol. The first kappa shape index (κ1) is 71.5. The fourth-order valence-electron chi connectivity index (χ4n) is 19.9. The molecule has 0 radical (unpaired) electrons. The number of aliphatic hydroxyl groups is 6. The fraction of sp³-hybridized carbons (Fsp3) is 0.469. The summed E-state index contributed by atoms with van der Waals surface area (Å²) in [5.74, 6) is -19.9. The smallest absolute Gasteiger partial charge is 0.310 e. The molecule has 39 nitrogen and oxygen atoms in total. The first-order valence-corrected chi connectivity index (χ1v) is 45.5. The Morgan fingerprint density at radius 2 is 0.688 bits per heavy atom. The van der Waals surface area contributed by atoms with Crippen LogP contribution in [0.15, 0.2) is 125 Å². The summed E-state index contributed by atoms with van der Waals surface area (Å²) in [6.07, 6.45) is -30.8. The van der Waals surface area contributed by atoms with Crippen LogP contribution >= 0.6 is 34.0 Å². The van der Waals surface area contributed by atoms with Gasteiger partial charge in [0.2, 0.25) is 37.5 Å². The van der Waals surface area contributed by atoms with Crippen LogP contribution in [0.1, 0.15) is 147 Å². The van der Waals surface area contributed by atoms with Crippen LogP contribution < -0.4 is 56.8 Å². The Bertz CT molecular complexity index is 6940. The van der Waals surface area contributed by atoms with Gasteiger partial charge in [0.15, 0.2) is 107 Å². The number of rotatable bonds is 18. The number of ether oxygens (including phenoxy) is 27. The molecule has 15 aliphatic rings. The first-order valence-electron chi connectivity index (χ1n) is 52.9. The molecule has 9 N–H and O–H groups in total. The lowest BCUT2D eigenvalue weighted by molar-refractivity contribution is -0.368. The Hall–Kier alpha value is -10.9. The zero-order valence-electron chi connectivity index (χ0n) is 91.9. The van der Waals surface area contributed by atoms with Gasteiger partial charge in [-0.3, -0.25) is 14.4 Å². The molecule has 24 rings (SSSR count). The zero-order valence-corrected chi connectivity index (χ0v) is 74.4. The summed E-state index contributed by atoms with van der Waals surface area (Å²) in [4.78, 5) is 42.9. The summed E-state index contributed by atoms with van der Waals surface area (Å²) in [5.41, 5.74) is 0.793. The van der Waals surface area contributed by atoms with Gasteiger partial charge in [-0.05, 0) is 157 Å². The Kier molecular flexibility index (Phi) is 19.5. The van der Waals surface area contributed by atoms with E-state index in [0.717, 1.165) is 24.3 Å². The van der Waals surface area contributed by atoms with Gasteiger partial charge in [-0.25, -0.2) is 0 Å². The van der Waals surface area contributed by atoms with Gasteiger partial charge >= 0.3 is 17.9 Å². The van der Waals surface area contributed by atoms with Gasteiger partial charge in [0, 0.05) is 38.2 Å². The number of carbonyl (C=O) groups is 3. The summed E-state index contributed by atoms with van der Waals surface area (Å²) in [6, 6.07) is 25.9. The molecule has 0 bridgehead atoms. The van der Waals surface area contributed by atoms with Gasteiger partial charge in [-0.15, -0.1) is 34.0 Å². The zero-order chi connectivity index (χ0) is 113. The standard InChI is InChI=1S/3C32H32O13S/c3*1-37-19-6-13(7-20(38-2)25(19)33)23-14-8-17-18(42-12-41-17)9-15(14)28(16-10-39-30(36)24(16)23)44-32-27(35)26(34)29-21(43-32)11-40-31(45-29)22-4-3-5-46-22/h3*3-9,16,21,23-24,26-29,31-35H,10-12H2,1-2H3/t3*16-,21+,23+,24-,26+,27+,28+,29+,31+,32-/m000/s1/i1D3,2D3,10D2,12D2,23D;11D2,12D2,23D;11D2,12D2. The summed E-state index contributed by atoms with van der Waals surface area (Å²) < 4.78 is 319. The van der Waals surface area contributed by atoms with E-state index in [1.54, 1.807) is 64.7 Å². The van der Waals surface area contributed by atoms with E-state index in [9.17, 15) is 63.1 Å². The third kappa shape index (κ3) is 16.1. The van der Waals surface area contributed by atoms with Crippen LogP contribution in [0.3, 0.4) is 0 Å². The van der Waals surface area contributed by atoms with Crippen molar-refractivity contribution in [3.05, 3.63) is 190 Å². The molecule has 0 spiro atoms. The van der Waals surface area contributed by atoms with Crippen LogP contribution in [0.25, 0.3) is 0 Å². The van der Waals surface area contributed by atoms with Crippen LogP contribution in [-0.2, 0) is 85.4 Å². The number of esters is 3. The highest BCUT2D eigenvalue weighted by molar-refractivity contribution is 7.10. The van der Waals surface area contributed by atoms with Gasteiger partial charge in [-0.2, -0.15) is 0 Å². The molecular formula is C96H96O39S3. The van der Waals surface area contributed by atoms with E-state index in [1.807, 2.05) is 0 Å². The van der Waals surface area contributed by atoms with E-state index >= 15 is 0 Å². The third-order valence-electron chi connectivity index (χ3n) is 26.3. The van der Waals surface area contributed by atoms with Crippen molar-refractivity contribution in [2.75, 3.05) is 102 Å². The maximum absolute atomic E-state index is 13.9. The SMILES string of the molecule is [2H]C([2H])([2H])Oc1cc([C@]2([2H])c3cc4c(cc3[C@@H](O[C@@H]3O[C@@H]5CO[C@@H](c6cccs6)O[C@H]5[C@H](O)[C@H]3O)[C@@H]3[C@@H]2C(=O)OC3([2H])[2H])OC([2H])([2H])O4)cc(OC([2H])([2H])[2H])c1O.[2H]C1([2H])Oc2cc3c(cc2O1)[C@@H](O[C@@H]1O[C@H]2[C@@H](O[C@H](c4cccs4)OC2([2H])[2H])[C@H](O)[C@H]1O)[C@H]1COC(=O)[C@@H]1[C@@H]3c1cc(OC)c(O)c(OC)c1.[2H]C1([2H])Oc2cc3c(cc2O1)[C@@]([2H])(c1cc(OC)c(O)c(OC)c1)[C@H]1C(=O)OC[C@@H]1[C@@H]3O[C@@H]1O[C@H]2[C@@H](O[C@H](c3cccs3)OC2([2H])[2H])[C@H](O)[C@H]1O. The van der Waals surface area contributed by atoms with Crippen LogP contribution in [0, 0.1) is 35.5 Å². The monoisotopic (exact) mass is 1990 g/mol. The molecule has 30 atom stereocenters. The van der Waals surface area contributed by atoms with E-state index in [0.29, 0.717) is 31.3 Å². The predicted molar refractivity (Wildman–Crippen MR) is 468 cm³/mol. The van der Waals surface area contributed by atoms with Crippen molar-refractivity contribution in [1.29, 1.82) is 0 Å². The number of hydrogen-bond acceptors (Lipinski definition) is 42. The molecule has 9 saturated heterocycles. The number of benzene rings is 6. The molecule has 0 unspecified atom stereocenters. The summed E-state index contributed by atoms with van der Waals surface area (Å²) in [6.45, 7) is -16.3. The van der Waals surface area contributed by atoms with E-state index in [-0.39, 0.29) is 117 Å². The normalized spacial score (nSPS) is 39.9. The van der Waals surface area contributed by atoms with Crippen LogP contribution in [0.2, 0.25) is 0 Å². The van der Waals surface area contributed by atoms with Crippen molar-refractivity contribution >= 4 is 51.9 Å². The number of methoxy groups -OCH3 is 6. The second-order valence-electron chi connectivity index (χ2n) is 33.7. The predicted octanol–water partition coefficient (Wildman–Crippen LogP) is 8.26. The Balaban J connectivity index is 0.000000133. The number of thiophene rings is 3. The number of carbonyl (C=O) groups excluding carboxylic acids is 3. The average molecular weight is 1990 g/mol. The lowest BCUT2D eigenvalue weighted by Gasteiger charge is -2.48. The van der Waals surface area contributed by atoms with Crippen molar-refractivity contribution in [1.82, 2.24) is 0 Å². The molecule has 9 fully saturated rings. The summed E-state index contributed by atoms with van der Waals surface area (Å²) in [5, 5.41) is 105. The maximum atomic E-state index is 13.9.